The van der Waals surface area contributed by atoms with Crippen LogP contribution in [0.2, 0.25) is 0 Å². The molecule has 21 heavy (non-hydrogen) atoms. The summed E-state index contributed by atoms with van der Waals surface area (Å²) in [4.78, 5) is 12.2. The van der Waals surface area contributed by atoms with Crippen LogP contribution in [0.3, 0.4) is 0 Å². The van der Waals surface area contributed by atoms with Gasteiger partial charge in [0, 0.05) is 18.2 Å². The molecule has 2 heterocycles. The lowest BCUT2D eigenvalue weighted by Gasteiger charge is -2.10. The van der Waals surface area contributed by atoms with E-state index < -0.39 is 0 Å². The van der Waals surface area contributed by atoms with Gasteiger partial charge in [-0.05, 0) is 6.07 Å². The standard InChI is InChI=1S/C14H14N6O/c1-21-12-5-3-2-4-11(12)7-16-13-6-14(18-9-17-13)20-10-15-8-19-20/h2-6,8-10H,7H2,1H3,(H,16,17,18). The third-order valence-electron chi connectivity index (χ3n) is 2.96. The average molecular weight is 282 g/mol. The molecule has 106 valence electrons. The zero-order valence-corrected chi connectivity index (χ0v) is 11.5. The van der Waals surface area contributed by atoms with Crippen LogP contribution >= 0.6 is 0 Å². The van der Waals surface area contributed by atoms with Crippen LogP contribution in [0.4, 0.5) is 5.82 Å². The van der Waals surface area contributed by atoms with Gasteiger partial charge in [0.05, 0.1) is 7.11 Å². The van der Waals surface area contributed by atoms with Gasteiger partial charge in [-0.1, -0.05) is 18.2 Å². The number of methoxy groups -OCH3 is 1. The predicted octanol–water partition coefficient (Wildman–Crippen LogP) is 1.68. The molecule has 0 amide bonds. The Labute approximate surface area is 121 Å². The topological polar surface area (TPSA) is 77.8 Å². The minimum absolute atomic E-state index is 0.609. The van der Waals surface area contributed by atoms with Crippen LogP contribution in [0.15, 0.2) is 49.3 Å². The molecule has 0 atom stereocenters. The van der Waals surface area contributed by atoms with E-state index in [1.807, 2.05) is 30.3 Å². The van der Waals surface area contributed by atoms with Gasteiger partial charge in [-0.2, -0.15) is 5.10 Å². The summed E-state index contributed by atoms with van der Waals surface area (Å²) in [6.07, 6.45) is 4.54. The molecule has 0 saturated carbocycles. The van der Waals surface area contributed by atoms with Crippen molar-refractivity contribution in [3.63, 3.8) is 0 Å². The second-order valence-corrected chi connectivity index (χ2v) is 4.27. The molecular weight excluding hydrogens is 268 g/mol. The van der Waals surface area contributed by atoms with Crippen LogP contribution < -0.4 is 10.1 Å². The minimum atomic E-state index is 0.609. The second kappa shape index (κ2) is 6.00. The fraction of sp³-hybridized carbons (Fsp3) is 0.143. The van der Waals surface area contributed by atoms with E-state index in [2.05, 4.69) is 25.4 Å². The van der Waals surface area contributed by atoms with E-state index in [0.717, 1.165) is 11.3 Å². The lowest BCUT2D eigenvalue weighted by Crippen LogP contribution is -2.05. The van der Waals surface area contributed by atoms with Crippen molar-refractivity contribution in [3.05, 3.63) is 54.9 Å². The average Bonchev–Trinajstić information content (AvgIpc) is 3.08. The molecule has 3 aromatic rings. The van der Waals surface area contributed by atoms with Crippen LogP contribution in [0.1, 0.15) is 5.56 Å². The summed E-state index contributed by atoms with van der Waals surface area (Å²) in [6.45, 7) is 0.609. The van der Waals surface area contributed by atoms with Gasteiger partial charge in [0.1, 0.15) is 30.5 Å². The summed E-state index contributed by atoms with van der Waals surface area (Å²) in [5.41, 5.74) is 1.06. The molecule has 7 nitrogen and oxygen atoms in total. The highest BCUT2D eigenvalue weighted by Gasteiger charge is 2.04. The Bertz CT molecular complexity index is 713. The van der Waals surface area contributed by atoms with Crippen molar-refractivity contribution in [2.45, 2.75) is 6.54 Å². The fourth-order valence-electron chi connectivity index (χ4n) is 1.93. The molecule has 0 bridgehead atoms. The lowest BCUT2D eigenvalue weighted by molar-refractivity contribution is 0.410. The second-order valence-electron chi connectivity index (χ2n) is 4.27. The number of nitrogens with one attached hydrogen (secondary N) is 1. The molecule has 1 aromatic carbocycles. The summed E-state index contributed by atoms with van der Waals surface area (Å²) >= 11 is 0. The van der Waals surface area contributed by atoms with Crippen molar-refractivity contribution in [1.29, 1.82) is 0 Å². The van der Waals surface area contributed by atoms with Crippen molar-refractivity contribution >= 4 is 5.82 Å². The van der Waals surface area contributed by atoms with E-state index in [9.17, 15) is 0 Å². The number of nitrogens with zero attached hydrogens (tertiary/aromatic N) is 5. The molecule has 0 aliphatic carbocycles. The highest BCUT2D eigenvalue weighted by molar-refractivity contribution is 5.42. The van der Waals surface area contributed by atoms with Crippen molar-refractivity contribution in [2.75, 3.05) is 12.4 Å². The van der Waals surface area contributed by atoms with E-state index in [4.69, 9.17) is 4.74 Å². The van der Waals surface area contributed by atoms with Gasteiger partial charge >= 0.3 is 0 Å². The monoisotopic (exact) mass is 282 g/mol. The summed E-state index contributed by atoms with van der Waals surface area (Å²) < 4.78 is 6.90. The zero-order chi connectivity index (χ0) is 14.5. The SMILES string of the molecule is COc1ccccc1CNc1cc(-n2cncn2)ncn1. The molecule has 0 unspecified atom stereocenters. The number of anilines is 1. The summed E-state index contributed by atoms with van der Waals surface area (Å²) in [5.74, 6) is 2.21. The van der Waals surface area contributed by atoms with Crippen LogP contribution in [-0.2, 0) is 6.54 Å². The Morgan fingerprint density at radius 2 is 2.10 bits per heavy atom. The number of hydrogen-bond donors (Lipinski definition) is 1. The van der Waals surface area contributed by atoms with Crippen LogP contribution in [0.25, 0.3) is 5.82 Å². The van der Waals surface area contributed by atoms with Gasteiger partial charge in [0.15, 0.2) is 5.82 Å². The van der Waals surface area contributed by atoms with E-state index in [1.165, 1.54) is 12.7 Å². The molecule has 0 spiro atoms. The molecular formula is C14H14N6O. The molecule has 2 aromatic heterocycles. The smallest absolute Gasteiger partial charge is 0.160 e. The first-order valence-corrected chi connectivity index (χ1v) is 6.39. The molecule has 1 N–H and O–H groups in total. The van der Waals surface area contributed by atoms with Crippen molar-refractivity contribution in [1.82, 2.24) is 24.7 Å². The molecule has 0 aliphatic heterocycles. The first kappa shape index (κ1) is 13.0. The van der Waals surface area contributed by atoms with E-state index in [0.29, 0.717) is 18.2 Å². The first-order chi connectivity index (χ1) is 10.4. The maximum Gasteiger partial charge on any atom is 0.160 e. The minimum Gasteiger partial charge on any atom is -0.496 e. The fourth-order valence-corrected chi connectivity index (χ4v) is 1.93. The maximum absolute atomic E-state index is 5.32. The Kier molecular flexibility index (Phi) is 3.72. The number of rotatable bonds is 5. The van der Waals surface area contributed by atoms with Gasteiger partial charge < -0.3 is 10.1 Å². The first-order valence-electron chi connectivity index (χ1n) is 6.39. The molecule has 0 radical (unpaired) electrons. The third-order valence-corrected chi connectivity index (χ3v) is 2.96. The Hall–Kier alpha value is -2.96. The quantitative estimate of drug-likeness (QED) is 0.767. The van der Waals surface area contributed by atoms with Crippen molar-refractivity contribution in [3.8, 4) is 11.6 Å². The summed E-state index contributed by atoms with van der Waals surface area (Å²) in [5, 5.41) is 7.29. The predicted molar refractivity (Wildman–Crippen MR) is 77.3 cm³/mol. The van der Waals surface area contributed by atoms with Gasteiger partial charge in [-0.3, -0.25) is 0 Å². The Morgan fingerprint density at radius 3 is 2.90 bits per heavy atom. The summed E-state index contributed by atoms with van der Waals surface area (Å²) in [6, 6.07) is 9.66. The van der Waals surface area contributed by atoms with Gasteiger partial charge in [-0.15, -0.1) is 0 Å². The molecule has 0 fully saturated rings. The molecule has 0 saturated heterocycles. The van der Waals surface area contributed by atoms with Gasteiger partial charge in [0.2, 0.25) is 0 Å². The van der Waals surface area contributed by atoms with Crippen LogP contribution in [0.5, 0.6) is 5.75 Å². The lowest BCUT2D eigenvalue weighted by atomic mass is 10.2. The summed E-state index contributed by atoms with van der Waals surface area (Å²) in [7, 11) is 1.66. The number of para-hydroxylation sites is 1. The highest BCUT2D eigenvalue weighted by Crippen LogP contribution is 2.18. The maximum atomic E-state index is 5.32. The largest absolute Gasteiger partial charge is 0.496 e. The molecule has 7 heteroatoms. The van der Waals surface area contributed by atoms with Crippen molar-refractivity contribution in [2.24, 2.45) is 0 Å². The van der Waals surface area contributed by atoms with Crippen LogP contribution in [0, 0.1) is 0 Å². The highest BCUT2D eigenvalue weighted by atomic mass is 16.5. The van der Waals surface area contributed by atoms with E-state index in [-0.39, 0.29) is 0 Å². The Morgan fingerprint density at radius 1 is 1.19 bits per heavy atom. The van der Waals surface area contributed by atoms with Crippen LogP contribution in [-0.4, -0.2) is 31.8 Å². The molecule has 3 rings (SSSR count). The molecule has 0 aliphatic rings. The Balaban J connectivity index is 1.75. The third kappa shape index (κ3) is 2.97. The van der Waals surface area contributed by atoms with Gasteiger partial charge in [0.25, 0.3) is 0 Å². The number of aromatic nitrogens is 5. The van der Waals surface area contributed by atoms with E-state index in [1.54, 1.807) is 18.1 Å². The van der Waals surface area contributed by atoms with Gasteiger partial charge in [-0.25, -0.2) is 19.6 Å². The zero-order valence-electron chi connectivity index (χ0n) is 11.5. The number of benzene rings is 1. The number of ether oxygens (including phenoxy) is 1. The van der Waals surface area contributed by atoms with E-state index >= 15 is 0 Å². The van der Waals surface area contributed by atoms with Crippen molar-refractivity contribution < 1.29 is 4.74 Å². The normalized spacial score (nSPS) is 10.3. The number of hydrogen-bond acceptors (Lipinski definition) is 6.